The number of hydrogen-bond acceptors (Lipinski definition) is 3. The predicted molar refractivity (Wildman–Crippen MR) is 64.4 cm³/mol. The third-order valence-electron chi connectivity index (χ3n) is 1.70. The fraction of sp³-hybridized carbons (Fsp3) is 0.182. The molecule has 0 heterocycles. The highest BCUT2D eigenvalue weighted by Crippen LogP contribution is 2.11. The second-order valence-electron chi connectivity index (χ2n) is 3.23. The third-order valence-corrected chi connectivity index (χ3v) is 2.22. The predicted octanol–water partition coefficient (Wildman–Crippen LogP) is 2.21. The van der Waals surface area contributed by atoms with Gasteiger partial charge in [0.15, 0.2) is 5.78 Å². The smallest absolute Gasteiger partial charge is 0.187 e. The average Bonchev–Trinajstić information content (AvgIpc) is 2.18. The molecule has 80 valence electrons. The van der Waals surface area contributed by atoms with Gasteiger partial charge in [0.1, 0.15) is 0 Å². The Kier molecular flexibility index (Phi) is 4.52. The van der Waals surface area contributed by atoms with Crippen molar-refractivity contribution >= 4 is 21.7 Å². The van der Waals surface area contributed by atoms with Crippen LogP contribution >= 0.6 is 15.9 Å². The van der Waals surface area contributed by atoms with E-state index in [1.54, 1.807) is 23.3 Å². The number of ketones is 1. The first kappa shape index (κ1) is 11.9. The lowest BCUT2D eigenvalue weighted by molar-refractivity contribution is 0.104. The molecule has 0 saturated carbocycles. The standard InChI is InChI=1S/C11H13BrN2O/c1-14(2)13-8-7-11(15)9-3-5-10(12)6-4-9/h3-8,13H,1-2H3/b8-7-. The monoisotopic (exact) mass is 268 g/mol. The zero-order chi connectivity index (χ0) is 11.3. The Labute approximate surface area is 97.9 Å². The lowest BCUT2D eigenvalue weighted by atomic mass is 10.1. The Balaban J connectivity index is 2.61. The molecule has 0 spiro atoms. The zero-order valence-corrected chi connectivity index (χ0v) is 10.3. The molecule has 0 aliphatic rings. The second-order valence-corrected chi connectivity index (χ2v) is 4.14. The number of nitrogens with one attached hydrogen (secondary N) is 1. The minimum absolute atomic E-state index is 0.0168. The minimum atomic E-state index is -0.0168. The van der Waals surface area contributed by atoms with Crippen LogP contribution in [0.2, 0.25) is 0 Å². The van der Waals surface area contributed by atoms with Gasteiger partial charge in [-0.05, 0) is 24.3 Å². The molecule has 4 heteroatoms. The number of hydrazine groups is 1. The summed E-state index contributed by atoms with van der Waals surface area (Å²) in [6, 6.07) is 7.26. The van der Waals surface area contributed by atoms with Crippen LogP contribution in [0.1, 0.15) is 10.4 Å². The van der Waals surface area contributed by atoms with Gasteiger partial charge in [-0.2, -0.15) is 0 Å². The van der Waals surface area contributed by atoms with Gasteiger partial charge in [0.25, 0.3) is 0 Å². The van der Waals surface area contributed by atoms with Crippen molar-refractivity contribution in [2.45, 2.75) is 0 Å². The van der Waals surface area contributed by atoms with E-state index >= 15 is 0 Å². The topological polar surface area (TPSA) is 32.3 Å². The molecule has 1 N–H and O–H groups in total. The maximum absolute atomic E-state index is 11.6. The molecule has 1 aromatic rings. The molecule has 0 aromatic heterocycles. The van der Waals surface area contributed by atoms with Crippen LogP contribution in [0.4, 0.5) is 0 Å². The minimum Gasteiger partial charge on any atom is -0.327 e. The van der Waals surface area contributed by atoms with E-state index in [0.717, 1.165) is 4.47 Å². The molecule has 0 unspecified atom stereocenters. The van der Waals surface area contributed by atoms with Gasteiger partial charge in [0.05, 0.1) is 0 Å². The van der Waals surface area contributed by atoms with Crippen molar-refractivity contribution in [2.24, 2.45) is 0 Å². The number of carbonyl (C=O) groups excluding carboxylic acids is 1. The van der Waals surface area contributed by atoms with Gasteiger partial charge in [-0.15, -0.1) is 0 Å². The van der Waals surface area contributed by atoms with E-state index in [0.29, 0.717) is 5.56 Å². The molecule has 1 aromatic carbocycles. The summed E-state index contributed by atoms with van der Waals surface area (Å²) in [6.07, 6.45) is 3.12. The van der Waals surface area contributed by atoms with Gasteiger partial charge in [-0.3, -0.25) is 4.79 Å². The summed E-state index contributed by atoms with van der Waals surface area (Å²) < 4.78 is 0.967. The summed E-state index contributed by atoms with van der Waals surface area (Å²) in [5.74, 6) is -0.0168. The van der Waals surface area contributed by atoms with Gasteiger partial charge < -0.3 is 5.43 Å². The maximum atomic E-state index is 11.6. The van der Waals surface area contributed by atoms with Crippen LogP contribution in [0.3, 0.4) is 0 Å². The Hall–Kier alpha value is -1.13. The van der Waals surface area contributed by atoms with Gasteiger partial charge in [0.2, 0.25) is 0 Å². The third kappa shape index (κ3) is 4.27. The Morgan fingerprint density at radius 2 is 1.93 bits per heavy atom. The zero-order valence-electron chi connectivity index (χ0n) is 8.70. The van der Waals surface area contributed by atoms with E-state index in [1.807, 2.05) is 26.2 Å². The largest absolute Gasteiger partial charge is 0.327 e. The highest BCUT2D eigenvalue weighted by molar-refractivity contribution is 9.10. The fourth-order valence-corrected chi connectivity index (χ4v) is 1.24. The van der Waals surface area contributed by atoms with E-state index in [1.165, 1.54) is 6.08 Å². The molecule has 0 amide bonds. The van der Waals surface area contributed by atoms with Gasteiger partial charge in [-0.25, -0.2) is 5.01 Å². The Bertz CT molecular complexity index is 357. The first-order valence-electron chi connectivity index (χ1n) is 4.49. The van der Waals surface area contributed by atoms with Crippen LogP contribution in [0.25, 0.3) is 0 Å². The summed E-state index contributed by atoms with van der Waals surface area (Å²) >= 11 is 3.32. The molecule has 0 saturated heterocycles. The number of carbonyl (C=O) groups is 1. The second kappa shape index (κ2) is 5.68. The number of benzene rings is 1. The van der Waals surface area contributed by atoms with Crippen LogP contribution in [0.5, 0.6) is 0 Å². The fourth-order valence-electron chi connectivity index (χ4n) is 0.972. The van der Waals surface area contributed by atoms with Crippen LogP contribution in [-0.4, -0.2) is 24.9 Å². The van der Waals surface area contributed by atoms with Crippen molar-refractivity contribution < 1.29 is 4.79 Å². The molecular formula is C11H13BrN2O. The summed E-state index contributed by atoms with van der Waals surface area (Å²) in [5.41, 5.74) is 3.56. The van der Waals surface area contributed by atoms with Gasteiger partial charge >= 0.3 is 0 Å². The van der Waals surface area contributed by atoms with Crippen molar-refractivity contribution in [2.75, 3.05) is 14.1 Å². The van der Waals surface area contributed by atoms with Crippen molar-refractivity contribution in [1.29, 1.82) is 0 Å². The van der Waals surface area contributed by atoms with E-state index in [-0.39, 0.29) is 5.78 Å². The van der Waals surface area contributed by atoms with Crippen LogP contribution < -0.4 is 5.43 Å². The molecule has 1 rings (SSSR count). The quantitative estimate of drug-likeness (QED) is 0.516. The van der Waals surface area contributed by atoms with E-state index in [9.17, 15) is 4.79 Å². The summed E-state index contributed by atoms with van der Waals surface area (Å²) in [6.45, 7) is 0. The number of nitrogens with zero attached hydrogens (tertiary/aromatic N) is 1. The Morgan fingerprint density at radius 1 is 1.33 bits per heavy atom. The average molecular weight is 269 g/mol. The normalized spacial score (nSPS) is 10.9. The van der Waals surface area contributed by atoms with Gasteiger partial charge in [-0.1, -0.05) is 15.9 Å². The SMILES string of the molecule is CN(C)N/C=C\C(=O)c1ccc(Br)cc1. The highest BCUT2D eigenvalue weighted by Gasteiger charge is 2.00. The van der Waals surface area contributed by atoms with Crippen LogP contribution in [0.15, 0.2) is 41.0 Å². The van der Waals surface area contributed by atoms with Crippen molar-refractivity contribution in [3.63, 3.8) is 0 Å². The maximum Gasteiger partial charge on any atom is 0.187 e. The van der Waals surface area contributed by atoms with E-state index in [4.69, 9.17) is 0 Å². The van der Waals surface area contributed by atoms with Gasteiger partial charge in [0, 0.05) is 36.4 Å². The molecule has 15 heavy (non-hydrogen) atoms. The Morgan fingerprint density at radius 3 is 2.47 bits per heavy atom. The highest BCUT2D eigenvalue weighted by atomic mass is 79.9. The first-order chi connectivity index (χ1) is 7.09. The van der Waals surface area contributed by atoms with Crippen molar-refractivity contribution in [3.8, 4) is 0 Å². The molecule has 0 radical (unpaired) electrons. The molecule has 0 aliphatic heterocycles. The molecular weight excluding hydrogens is 256 g/mol. The molecule has 3 nitrogen and oxygen atoms in total. The van der Waals surface area contributed by atoms with Crippen molar-refractivity contribution in [3.05, 3.63) is 46.6 Å². The van der Waals surface area contributed by atoms with Crippen molar-refractivity contribution in [1.82, 2.24) is 10.4 Å². The van der Waals surface area contributed by atoms with Crippen LogP contribution in [-0.2, 0) is 0 Å². The molecule has 0 aliphatic carbocycles. The lowest BCUT2D eigenvalue weighted by Gasteiger charge is -2.07. The molecule has 0 fully saturated rings. The molecule has 0 atom stereocenters. The van der Waals surface area contributed by atoms with E-state index < -0.39 is 0 Å². The summed E-state index contributed by atoms with van der Waals surface area (Å²) in [4.78, 5) is 11.6. The number of allylic oxidation sites excluding steroid dienone is 1. The van der Waals surface area contributed by atoms with Crippen LogP contribution in [0, 0.1) is 0 Å². The summed E-state index contributed by atoms with van der Waals surface area (Å²) in [5, 5.41) is 1.76. The lowest BCUT2D eigenvalue weighted by Crippen LogP contribution is -2.24. The number of hydrogen-bond donors (Lipinski definition) is 1. The van der Waals surface area contributed by atoms with E-state index in [2.05, 4.69) is 21.4 Å². The summed E-state index contributed by atoms with van der Waals surface area (Å²) in [7, 11) is 3.71. The first-order valence-corrected chi connectivity index (χ1v) is 5.29. The molecule has 0 bridgehead atoms. The number of rotatable bonds is 4. The number of halogens is 1.